The Balaban J connectivity index is 2.00. The highest BCUT2D eigenvalue weighted by Crippen LogP contribution is 2.22. The van der Waals surface area contributed by atoms with Crippen molar-refractivity contribution in [3.05, 3.63) is 27.4 Å². The first kappa shape index (κ1) is 19.1. The second kappa shape index (κ2) is 8.78. The Hall–Kier alpha value is -2.18. The Kier molecular flexibility index (Phi) is 6.73. The predicted molar refractivity (Wildman–Crippen MR) is 93.3 cm³/mol. The fourth-order valence-corrected chi connectivity index (χ4v) is 3.45. The Morgan fingerprint density at radius 2 is 2.08 bits per heavy atom. The summed E-state index contributed by atoms with van der Waals surface area (Å²) in [5, 5.41) is 0. The zero-order valence-electron chi connectivity index (χ0n) is 15.3. The molecule has 1 unspecified atom stereocenters. The summed E-state index contributed by atoms with van der Waals surface area (Å²) < 4.78 is 5.03. The van der Waals surface area contributed by atoms with E-state index in [9.17, 15) is 14.4 Å². The third kappa shape index (κ3) is 5.14. The number of hydrogen-bond donors (Lipinski definition) is 1. The first-order valence-electron chi connectivity index (χ1n) is 8.93. The highest BCUT2D eigenvalue weighted by atomic mass is 16.5. The number of likely N-dealkylation sites (tertiary alicyclic amines) is 1. The first-order chi connectivity index (χ1) is 11.9. The SMILES string of the molecule is CCOC(=O)CC1CCCCN1C(=O)CCc1c(C)nc(=O)[nH]c1C. The number of hydrogen-bond acceptors (Lipinski definition) is 5. The topological polar surface area (TPSA) is 92.4 Å². The van der Waals surface area contributed by atoms with Gasteiger partial charge in [-0.3, -0.25) is 9.59 Å². The molecule has 7 heteroatoms. The maximum atomic E-state index is 12.7. The van der Waals surface area contributed by atoms with E-state index in [1.165, 1.54) is 0 Å². The molecule has 2 heterocycles. The summed E-state index contributed by atoms with van der Waals surface area (Å²) in [5.41, 5.74) is 1.96. The van der Waals surface area contributed by atoms with Gasteiger partial charge in [0.15, 0.2) is 0 Å². The summed E-state index contributed by atoms with van der Waals surface area (Å²) in [7, 11) is 0. The third-order valence-electron chi connectivity index (χ3n) is 4.70. The standard InChI is InChI=1S/C18H27N3O4/c1-4-25-17(23)11-14-7-5-6-10-21(14)16(22)9-8-15-12(2)19-18(24)20-13(15)3/h14H,4-11H2,1-3H3,(H,19,20,24). The number of aryl methyl sites for hydroxylation is 2. The molecule has 2 rings (SSSR count). The van der Waals surface area contributed by atoms with Gasteiger partial charge in [-0.05, 0) is 52.0 Å². The number of nitrogens with one attached hydrogen (secondary N) is 1. The molecule has 1 saturated heterocycles. The van der Waals surface area contributed by atoms with Crippen molar-refractivity contribution in [2.45, 2.75) is 65.3 Å². The van der Waals surface area contributed by atoms with Crippen molar-refractivity contribution in [3.63, 3.8) is 0 Å². The zero-order valence-corrected chi connectivity index (χ0v) is 15.3. The molecule has 0 bridgehead atoms. The van der Waals surface area contributed by atoms with Crippen LogP contribution in [0.1, 0.15) is 56.0 Å². The van der Waals surface area contributed by atoms with Crippen LogP contribution in [-0.2, 0) is 20.7 Å². The van der Waals surface area contributed by atoms with Gasteiger partial charge >= 0.3 is 11.7 Å². The molecule has 0 radical (unpaired) electrons. The number of rotatable bonds is 6. The smallest absolute Gasteiger partial charge is 0.345 e. The van der Waals surface area contributed by atoms with E-state index in [0.29, 0.717) is 31.7 Å². The van der Waals surface area contributed by atoms with E-state index >= 15 is 0 Å². The Bertz CT molecular complexity index is 657. The van der Waals surface area contributed by atoms with Crippen LogP contribution in [0.3, 0.4) is 0 Å². The van der Waals surface area contributed by atoms with Crippen LogP contribution < -0.4 is 5.69 Å². The average Bonchev–Trinajstić information content (AvgIpc) is 2.54. The molecule has 1 fully saturated rings. The highest BCUT2D eigenvalue weighted by molar-refractivity contribution is 5.78. The van der Waals surface area contributed by atoms with E-state index in [1.54, 1.807) is 13.8 Å². The first-order valence-corrected chi connectivity index (χ1v) is 8.93. The van der Waals surface area contributed by atoms with Gasteiger partial charge in [-0.15, -0.1) is 0 Å². The number of amides is 1. The lowest BCUT2D eigenvalue weighted by atomic mass is 9.98. The van der Waals surface area contributed by atoms with Crippen LogP contribution in [0.4, 0.5) is 0 Å². The second-order valence-corrected chi connectivity index (χ2v) is 6.48. The van der Waals surface area contributed by atoms with Crippen LogP contribution in [0.5, 0.6) is 0 Å². The third-order valence-corrected chi connectivity index (χ3v) is 4.70. The average molecular weight is 349 g/mol. The molecule has 0 aliphatic carbocycles. The van der Waals surface area contributed by atoms with Crippen LogP contribution in [0.25, 0.3) is 0 Å². The molecule has 138 valence electrons. The lowest BCUT2D eigenvalue weighted by molar-refractivity contribution is -0.146. The van der Waals surface area contributed by atoms with Crippen LogP contribution in [0.2, 0.25) is 0 Å². The number of carbonyl (C=O) groups excluding carboxylic acids is 2. The van der Waals surface area contributed by atoms with E-state index in [-0.39, 0.29) is 30.0 Å². The van der Waals surface area contributed by atoms with Crippen molar-refractivity contribution in [3.8, 4) is 0 Å². The van der Waals surface area contributed by atoms with E-state index in [4.69, 9.17) is 4.74 Å². The molecule has 25 heavy (non-hydrogen) atoms. The van der Waals surface area contributed by atoms with Gasteiger partial charge in [0.25, 0.3) is 0 Å². The number of ether oxygens (including phenoxy) is 1. The maximum Gasteiger partial charge on any atom is 0.345 e. The largest absolute Gasteiger partial charge is 0.466 e. The number of esters is 1. The molecule has 0 saturated carbocycles. The minimum absolute atomic E-state index is 0.0407. The van der Waals surface area contributed by atoms with Crippen LogP contribution in [0.15, 0.2) is 4.79 Å². The molecule has 0 spiro atoms. The van der Waals surface area contributed by atoms with Crippen molar-refractivity contribution in [2.75, 3.05) is 13.2 Å². The minimum Gasteiger partial charge on any atom is -0.466 e. The highest BCUT2D eigenvalue weighted by Gasteiger charge is 2.28. The normalized spacial score (nSPS) is 17.4. The number of piperidine rings is 1. The molecule has 7 nitrogen and oxygen atoms in total. The lowest BCUT2D eigenvalue weighted by Gasteiger charge is -2.35. The van der Waals surface area contributed by atoms with Crippen molar-refractivity contribution in [1.82, 2.24) is 14.9 Å². The van der Waals surface area contributed by atoms with Crippen molar-refractivity contribution >= 4 is 11.9 Å². The zero-order chi connectivity index (χ0) is 18.4. The molecule has 1 aliphatic heterocycles. The summed E-state index contributed by atoms with van der Waals surface area (Å²) in [6, 6.07) is -0.0730. The fraction of sp³-hybridized carbons (Fsp3) is 0.667. The van der Waals surface area contributed by atoms with Gasteiger partial charge < -0.3 is 14.6 Å². The Morgan fingerprint density at radius 3 is 2.76 bits per heavy atom. The number of carbonyl (C=O) groups is 2. The molecule has 1 atom stereocenters. The van der Waals surface area contributed by atoms with Gasteiger partial charge in [-0.2, -0.15) is 4.98 Å². The van der Waals surface area contributed by atoms with E-state index < -0.39 is 0 Å². The van der Waals surface area contributed by atoms with Gasteiger partial charge in [0.2, 0.25) is 5.91 Å². The quantitative estimate of drug-likeness (QED) is 0.789. The summed E-state index contributed by atoms with van der Waals surface area (Å²) in [4.78, 5) is 44.2. The van der Waals surface area contributed by atoms with Gasteiger partial charge in [0, 0.05) is 30.4 Å². The molecule has 1 amide bonds. The molecule has 1 N–H and O–H groups in total. The molecule has 1 aliphatic rings. The second-order valence-electron chi connectivity index (χ2n) is 6.48. The van der Waals surface area contributed by atoms with Crippen molar-refractivity contribution < 1.29 is 14.3 Å². The summed E-state index contributed by atoms with van der Waals surface area (Å²) in [6.45, 7) is 6.43. The lowest BCUT2D eigenvalue weighted by Crippen LogP contribution is -2.45. The van der Waals surface area contributed by atoms with Crippen molar-refractivity contribution in [2.24, 2.45) is 0 Å². The summed E-state index contributed by atoms with van der Waals surface area (Å²) in [6.07, 6.45) is 3.96. The van der Waals surface area contributed by atoms with Crippen LogP contribution >= 0.6 is 0 Å². The fourth-order valence-electron chi connectivity index (χ4n) is 3.45. The summed E-state index contributed by atoms with van der Waals surface area (Å²) in [5.74, 6) is -0.206. The number of aromatic amines is 1. The van der Waals surface area contributed by atoms with Crippen molar-refractivity contribution in [1.29, 1.82) is 0 Å². The summed E-state index contributed by atoms with van der Waals surface area (Å²) >= 11 is 0. The van der Waals surface area contributed by atoms with Gasteiger partial charge in [0.05, 0.1) is 13.0 Å². The minimum atomic E-state index is -0.365. The molecule has 1 aromatic heterocycles. The number of nitrogens with zero attached hydrogens (tertiary/aromatic N) is 2. The number of H-pyrrole nitrogens is 1. The van der Waals surface area contributed by atoms with Gasteiger partial charge in [-0.1, -0.05) is 0 Å². The van der Waals surface area contributed by atoms with E-state index in [2.05, 4.69) is 9.97 Å². The van der Waals surface area contributed by atoms with Crippen LogP contribution in [-0.4, -0.2) is 45.9 Å². The van der Waals surface area contributed by atoms with Crippen LogP contribution in [0, 0.1) is 13.8 Å². The Labute approximate surface area is 147 Å². The Morgan fingerprint density at radius 1 is 1.32 bits per heavy atom. The monoisotopic (exact) mass is 349 g/mol. The molecular weight excluding hydrogens is 322 g/mol. The number of aromatic nitrogens is 2. The molecule has 0 aromatic carbocycles. The maximum absolute atomic E-state index is 12.7. The van der Waals surface area contributed by atoms with Gasteiger partial charge in [-0.25, -0.2) is 4.79 Å². The van der Waals surface area contributed by atoms with Gasteiger partial charge in [0.1, 0.15) is 0 Å². The predicted octanol–water partition coefficient (Wildman–Crippen LogP) is 1.65. The van der Waals surface area contributed by atoms with E-state index in [1.807, 2.05) is 11.8 Å². The molecule has 1 aromatic rings. The molecular formula is C18H27N3O4. The van der Waals surface area contributed by atoms with E-state index in [0.717, 1.165) is 30.5 Å².